The third-order valence-corrected chi connectivity index (χ3v) is 5.86. The Morgan fingerprint density at radius 2 is 1.91 bits per heavy atom. The lowest BCUT2D eigenvalue weighted by atomic mass is 9.91. The summed E-state index contributed by atoms with van der Waals surface area (Å²) < 4.78 is 5.20. The molecule has 2 amide bonds. The zero-order chi connectivity index (χ0) is 23.2. The maximum absolute atomic E-state index is 13.0. The first-order valence-electron chi connectivity index (χ1n) is 11.1. The van der Waals surface area contributed by atoms with Crippen LogP contribution in [0.3, 0.4) is 0 Å². The fourth-order valence-corrected chi connectivity index (χ4v) is 4.27. The van der Waals surface area contributed by atoms with Crippen molar-refractivity contribution in [3.05, 3.63) is 72.2 Å². The van der Waals surface area contributed by atoms with Crippen molar-refractivity contribution in [2.45, 2.75) is 32.1 Å². The van der Waals surface area contributed by atoms with Crippen molar-refractivity contribution in [1.29, 1.82) is 0 Å². The summed E-state index contributed by atoms with van der Waals surface area (Å²) in [5, 5.41) is 2.82. The smallest absolute Gasteiger partial charge is 0.227 e. The number of carbonyl (C=O) groups excluding carboxylic acids is 2. The van der Waals surface area contributed by atoms with Crippen LogP contribution in [0.5, 0.6) is 5.75 Å². The highest BCUT2D eigenvalue weighted by molar-refractivity contribution is 5.89. The molecule has 1 saturated heterocycles. The van der Waals surface area contributed by atoms with Crippen molar-refractivity contribution in [1.82, 2.24) is 14.9 Å². The van der Waals surface area contributed by atoms with E-state index in [4.69, 9.17) is 4.74 Å². The van der Waals surface area contributed by atoms with E-state index >= 15 is 0 Å². The molecule has 3 aromatic rings. The summed E-state index contributed by atoms with van der Waals surface area (Å²) in [6.45, 7) is 2.85. The highest BCUT2D eigenvalue weighted by Crippen LogP contribution is 2.33. The molecule has 1 aliphatic rings. The van der Waals surface area contributed by atoms with Gasteiger partial charge >= 0.3 is 0 Å². The molecular weight excluding hydrogens is 416 g/mol. The molecule has 33 heavy (non-hydrogen) atoms. The Morgan fingerprint density at radius 1 is 1.12 bits per heavy atom. The number of hydrogen-bond acceptors (Lipinski definition) is 5. The molecule has 7 nitrogen and oxygen atoms in total. The van der Waals surface area contributed by atoms with Crippen LogP contribution in [-0.4, -0.2) is 46.9 Å². The molecule has 7 heteroatoms. The van der Waals surface area contributed by atoms with Crippen LogP contribution in [0.4, 0.5) is 5.69 Å². The number of piperidine rings is 1. The molecule has 1 aromatic heterocycles. The lowest BCUT2D eigenvalue weighted by molar-refractivity contribution is -0.131. The van der Waals surface area contributed by atoms with Crippen LogP contribution in [-0.2, 0) is 16.0 Å². The van der Waals surface area contributed by atoms with Crippen molar-refractivity contribution in [3.8, 4) is 17.0 Å². The van der Waals surface area contributed by atoms with Gasteiger partial charge in [-0.25, -0.2) is 0 Å². The molecule has 2 heterocycles. The standard InChI is InChI=1S/C26H28N4O3/c1-18(31)29-22-7-3-5-20(16-22)25-26(28-13-12-27-25)21-6-4-14-30(17-21)24(32)15-19-8-10-23(33-2)11-9-19/h3,5,7-13,16,21H,4,6,14-15,17H2,1-2H3,(H,29,31). The number of ether oxygens (including phenoxy) is 1. The van der Waals surface area contributed by atoms with E-state index in [0.29, 0.717) is 13.0 Å². The Kier molecular flexibility index (Phi) is 6.98. The highest BCUT2D eigenvalue weighted by Gasteiger charge is 2.28. The zero-order valence-electron chi connectivity index (χ0n) is 19.0. The summed E-state index contributed by atoms with van der Waals surface area (Å²) >= 11 is 0. The lowest BCUT2D eigenvalue weighted by Gasteiger charge is -2.33. The van der Waals surface area contributed by atoms with Gasteiger partial charge in [-0.1, -0.05) is 24.3 Å². The van der Waals surface area contributed by atoms with E-state index in [0.717, 1.165) is 53.3 Å². The predicted octanol–water partition coefficient (Wildman–Crippen LogP) is 4.06. The van der Waals surface area contributed by atoms with Crippen molar-refractivity contribution >= 4 is 17.5 Å². The van der Waals surface area contributed by atoms with Crippen LogP contribution in [0, 0.1) is 0 Å². The number of hydrogen-bond donors (Lipinski definition) is 1. The first kappa shape index (κ1) is 22.5. The quantitative estimate of drug-likeness (QED) is 0.620. The SMILES string of the molecule is COc1ccc(CC(=O)N2CCCC(c3nccnc3-c3cccc(NC(C)=O)c3)C2)cc1. The maximum atomic E-state index is 13.0. The number of anilines is 1. The molecule has 1 atom stereocenters. The number of nitrogens with zero attached hydrogens (tertiary/aromatic N) is 3. The van der Waals surface area contributed by atoms with Crippen LogP contribution in [0.1, 0.15) is 36.9 Å². The van der Waals surface area contributed by atoms with Crippen molar-refractivity contribution in [2.24, 2.45) is 0 Å². The van der Waals surface area contributed by atoms with Gasteiger partial charge in [-0.3, -0.25) is 19.6 Å². The first-order chi connectivity index (χ1) is 16.0. The molecule has 0 spiro atoms. The minimum atomic E-state index is -0.121. The molecule has 1 fully saturated rings. The van der Waals surface area contributed by atoms with Gasteiger partial charge in [0.15, 0.2) is 0 Å². The van der Waals surface area contributed by atoms with Gasteiger partial charge in [-0.15, -0.1) is 0 Å². The second-order valence-corrected chi connectivity index (χ2v) is 8.26. The van der Waals surface area contributed by atoms with Gasteiger partial charge in [0.1, 0.15) is 5.75 Å². The number of amides is 2. The number of benzene rings is 2. The first-order valence-corrected chi connectivity index (χ1v) is 11.1. The summed E-state index contributed by atoms with van der Waals surface area (Å²) in [6, 6.07) is 15.2. The summed E-state index contributed by atoms with van der Waals surface area (Å²) in [7, 11) is 1.63. The van der Waals surface area contributed by atoms with Crippen molar-refractivity contribution in [3.63, 3.8) is 0 Å². The molecule has 170 valence electrons. The van der Waals surface area contributed by atoms with E-state index in [1.54, 1.807) is 19.5 Å². The second kappa shape index (κ2) is 10.3. The Morgan fingerprint density at radius 3 is 2.67 bits per heavy atom. The Bertz CT molecular complexity index is 1130. The fraction of sp³-hybridized carbons (Fsp3) is 0.308. The predicted molar refractivity (Wildman–Crippen MR) is 127 cm³/mol. The van der Waals surface area contributed by atoms with E-state index in [9.17, 15) is 9.59 Å². The average molecular weight is 445 g/mol. The van der Waals surface area contributed by atoms with Crippen LogP contribution in [0.15, 0.2) is 60.9 Å². The third kappa shape index (κ3) is 5.55. The Labute approximate surface area is 193 Å². The van der Waals surface area contributed by atoms with Crippen LogP contribution in [0.2, 0.25) is 0 Å². The number of rotatable bonds is 6. The van der Waals surface area contributed by atoms with E-state index in [1.165, 1.54) is 6.92 Å². The summed E-state index contributed by atoms with van der Waals surface area (Å²) in [6.07, 6.45) is 5.61. The van der Waals surface area contributed by atoms with E-state index in [2.05, 4.69) is 15.3 Å². The molecule has 0 bridgehead atoms. The van der Waals surface area contributed by atoms with Crippen LogP contribution < -0.4 is 10.1 Å². The monoisotopic (exact) mass is 444 g/mol. The van der Waals surface area contributed by atoms with E-state index in [-0.39, 0.29) is 17.7 Å². The molecule has 0 saturated carbocycles. The van der Waals surface area contributed by atoms with Gasteiger partial charge in [0.2, 0.25) is 11.8 Å². The zero-order valence-corrected chi connectivity index (χ0v) is 19.0. The number of carbonyl (C=O) groups is 2. The topological polar surface area (TPSA) is 84.4 Å². The van der Waals surface area contributed by atoms with Crippen LogP contribution in [0.25, 0.3) is 11.3 Å². The van der Waals surface area contributed by atoms with Crippen molar-refractivity contribution < 1.29 is 14.3 Å². The van der Waals surface area contributed by atoms with Gasteiger partial charge in [0, 0.05) is 49.6 Å². The Balaban J connectivity index is 1.51. The van der Waals surface area contributed by atoms with Gasteiger partial charge in [-0.2, -0.15) is 0 Å². The molecule has 1 aliphatic heterocycles. The largest absolute Gasteiger partial charge is 0.497 e. The van der Waals surface area contributed by atoms with E-state index < -0.39 is 0 Å². The fourth-order valence-electron chi connectivity index (χ4n) is 4.27. The minimum Gasteiger partial charge on any atom is -0.497 e. The second-order valence-electron chi connectivity index (χ2n) is 8.26. The van der Waals surface area contributed by atoms with Gasteiger partial charge in [0.25, 0.3) is 0 Å². The minimum absolute atomic E-state index is 0.103. The number of methoxy groups -OCH3 is 1. The molecule has 1 unspecified atom stereocenters. The van der Waals surface area contributed by atoms with Gasteiger partial charge in [-0.05, 0) is 42.7 Å². The Hall–Kier alpha value is -3.74. The molecule has 4 rings (SSSR count). The number of nitrogens with one attached hydrogen (secondary N) is 1. The molecule has 2 aromatic carbocycles. The third-order valence-electron chi connectivity index (χ3n) is 5.86. The van der Waals surface area contributed by atoms with Crippen LogP contribution >= 0.6 is 0 Å². The number of aromatic nitrogens is 2. The van der Waals surface area contributed by atoms with Gasteiger partial charge < -0.3 is 15.0 Å². The average Bonchev–Trinajstić information content (AvgIpc) is 2.84. The molecule has 0 radical (unpaired) electrons. The lowest BCUT2D eigenvalue weighted by Crippen LogP contribution is -2.40. The van der Waals surface area contributed by atoms with Gasteiger partial charge in [0.05, 0.1) is 24.9 Å². The summed E-state index contributed by atoms with van der Waals surface area (Å²) in [5.41, 5.74) is 4.26. The maximum Gasteiger partial charge on any atom is 0.227 e. The molecule has 0 aliphatic carbocycles. The molecular formula is C26H28N4O3. The van der Waals surface area contributed by atoms with E-state index in [1.807, 2.05) is 53.4 Å². The summed E-state index contributed by atoms with van der Waals surface area (Å²) in [5.74, 6) is 0.876. The molecule has 1 N–H and O–H groups in total. The van der Waals surface area contributed by atoms with Crippen molar-refractivity contribution in [2.75, 3.05) is 25.5 Å². The summed E-state index contributed by atoms with van der Waals surface area (Å²) in [4.78, 5) is 35.7. The normalized spacial score (nSPS) is 15.7. The number of likely N-dealkylation sites (tertiary alicyclic amines) is 1. The highest BCUT2D eigenvalue weighted by atomic mass is 16.5.